The molecular weight excluding hydrogens is 390 g/mol. The van der Waals surface area contributed by atoms with Crippen molar-refractivity contribution in [2.75, 3.05) is 6.61 Å². The van der Waals surface area contributed by atoms with Gasteiger partial charge in [0, 0.05) is 17.0 Å². The van der Waals surface area contributed by atoms with Gasteiger partial charge in [0.1, 0.15) is 0 Å². The topological polar surface area (TPSA) is 91.2 Å². The molecule has 3 aromatic rings. The molecule has 29 heavy (non-hydrogen) atoms. The highest BCUT2D eigenvalue weighted by Crippen LogP contribution is 2.27. The number of ketones is 1. The SMILES string of the molecule is CC(C)(N)C(=O)C[C@H](COCc1ccccc1)c1nnc(-c2cccc(Cl)c2)o1. The Labute approximate surface area is 175 Å². The first-order valence-electron chi connectivity index (χ1n) is 9.36. The number of benzene rings is 2. The lowest BCUT2D eigenvalue weighted by Crippen LogP contribution is -2.42. The highest BCUT2D eigenvalue weighted by Gasteiger charge is 2.29. The second kappa shape index (κ2) is 9.31. The molecule has 2 N–H and O–H groups in total. The van der Waals surface area contributed by atoms with E-state index in [0.717, 1.165) is 5.56 Å². The lowest BCUT2D eigenvalue weighted by molar-refractivity contribution is -0.124. The Morgan fingerprint density at radius 3 is 2.62 bits per heavy atom. The minimum Gasteiger partial charge on any atom is -0.420 e. The fraction of sp³-hybridized carbons (Fsp3) is 0.318. The summed E-state index contributed by atoms with van der Waals surface area (Å²) >= 11 is 6.04. The number of halogens is 1. The van der Waals surface area contributed by atoms with Crippen LogP contribution in [0.25, 0.3) is 11.5 Å². The van der Waals surface area contributed by atoms with Gasteiger partial charge < -0.3 is 14.9 Å². The van der Waals surface area contributed by atoms with Crippen molar-refractivity contribution in [2.45, 2.75) is 38.3 Å². The number of ether oxygens (including phenoxy) is 1. The highest BCUT2D eigenvalue weighted by molar-refractivity contribution is 6.30. The Balaban J connectivity index is 1.76. The summed E-state index contributed by atoms with van der Waals surface area (Å²) in [6.45, 7) is 4.05. The smallest absolute Gasteiger partial charge is 0.247 e. The maximum atomic E-state index is 12.5. The van der Waals surface area contributed by atoms with Crippen molar-refractivity contribution >= 4 is 17.4 Å². The Hall–Kier alpha value is -2.54. The number of carbonyl (C=O) groups is 1. The van der Waals surface area contributed by atoms with Crippen LogP contribution in [0.3, 0.4) is 0 Å². The summed E-state index contributed by atoms with van der Waals surface area (Å²) in [4.78, 5) is 12.5. The van der Waals surface area contributed by atoms with Crippen molar-refractivity contribution < 1.29 is 13.9 Å². The second-order valence-electron chi connectivity index (χ2n) is 7.50. The molecule has 0 aliphatic carbocycles. The predicted molar refractivity (Wildman–Crippen MR) is 111 cm³/mol. The highest BCUT2D eigenvalue weighted by atomic mass is 35.5. The van der Waals surface area contributed by atoms with Gasteiger partial charge in [0.15, 0.2) is 5.78 Å². The van der Waals surface area contributed by atoms with Crippen LogP contribution in [0.2, 0.25) is 5.02 Å². The lowest BCUT2D eigenvalue weighted by atomic mass is 9.92. The van der Waals surface area contributed by atoms with Crippen LogP contribution in [0.5, 0.6) is 0 Å². The van der Waals surface area contributed by atoms with Crippen LogP contribution in [0, 0.1) is 0 Å². The molecule has 7 heteroatoms. The van der Waals surface area contributed by atoms with Crippen molar-refractivity contribution in [1.29, 1.82) is 0 Å². The van der Waals surface area contributed by atoms with E-state index in [4.69, 9.17) is 26.5 Å². The number of nitrogens with two attached hydrogens (primary N) is 1. The minimum atomic E-state index is -0.951. The van der Waals surface area contributed by atoms with Crippen LogP contribution in [-0.4, -0.2) is 28.1 Å². The molecule has 3 rings (SSSR count). The average molecular weight is 414 g/mol. The zero-order chi connectivity index (χ0) is 20.9. The molecule has 0 aliphatic rings. The summed E-state index contributed by atoms with van der Waals surface area (Å²) in [6, 6.07) is 17.0. The summed E-state index contributed by atoms with van der Waals surface area (Å²) in [7, 11) is 0. The van der Waals surface area contributed by atoms with E-state index in [0.29, 0.717) is 29.0 Å². The molecule has 1 aromatic heterocycles. The van der Waals surface area contributed by atoms with E-state index in [1.165, 1.54) is 0 Å². The van der Waals surface area contributed by atoms with E-state index in [1.807, 2.05) is 42.5 Å². The molecular formula is C22H24ClN3O3. The molecule has 0 aliphatic heterocycles. The van der Waals surface area contributed by atoms with Gasteiger partial charge in [-0.05, 0) is 37.6 Å². The van der Waals surface area contributed by atoms with Crippen LogP contribution >= 0.6 is 11.6 Å². The number of rotatable bonds is 9. The van der Waals surface area contributed by atoms with Crippen molar-refractivity contribution in [3.05, 3.63) is 71.1 Å². The van der Waals surface area contributed by atoms with Crippen LogP contribution in [0.15, 0.2) is 59.0 Å². The van der Waals surface area contributed by atoms with Gasteiger partial charge >= 0.3 is 0 Å². The van der Waals surface area contributed by atoms with Gasteiger partial charge in [0.05, 0.1) is 24.7 Å². The average Bonchev–Trinajstić information content (AvgIpc) is 3.17. The van der Waals surface area contributed by atoms with Crippen LogP contribution < -0.4 is 5.73 Å². The first kappa shape index (κ1) is 21.2. The van der Waals surface area contributed by atoms with Crippen LogP contribution in [0.4, 0.5) is 0 Å². The summed E-state index contributed by atoms with van der Waals surface area (Å²) in [5.74, 6) is 0.184. The molecule has 152 valence electrons. The minimum absolute atomic E-state index is 0.103. The Kier molecular flexibility index (Phi) is 6.79. The third kappa shape index (κ3) is 5.97. The van der Waals surface area contributed by atoms with Gasteiger partial charge in [0.2, 0.25) is 11.8 Å². The molecule has 6 nitrogen and oxygen atoms in total. The van der Waals surface area contributed by atoms with Gasteiger partial charge in [-0.3, -0.25) is 4.79 Å². The number of Topliss-reactive ketones (excluding diaryl/α,β-unsaturated/α-hetero) is 1. The second-order valence-corrected chi connectivity index (χ2v) is 7.94. The Bertz CT molecular complexity index is 951. The lowest BCUT2D eigenvalue weighted by Gasteiger charge is -2.20. The van der Waals surface area contributed by atoms with E-state index in [9.17, 15) is 4.79 Å². The molecule has 1 atom stereocenters. The monoisotopic (exact) mass is 413 g/mol. The van der Waals surface area contributed by atoms with Gasteiger partial charge in [-0.2, -0.15) is 0 Å². The number of hydrogen-bond acceptors (Lipinski definition) is 6. The third-order valence-corrected chi connectivity index (χ3v) is 4.68. The van der Waals surface area contributed by atoms with Crippen molar-refractivity contribution in [3.8, 4) is 11.5 Å². The number of carbonyl (C=O) groups excluding carboxylic acids is 1. The zero-order valence-corrected chi connectivity index (χ0v) is 17.2. The molecule has 0 amide bonds. The van der Waals surface area contributed by atoms with Crippen molar-refractivity contribution in [2.24, 2.45) is 5.73 Å². The molecule has 0 fully saturated rings. The maximum Gasteiger partial charge on any atom is 0.247 e. The molecule has 0 saturated heterocycles. The predicted octanol–water partition coefficient (Wildman–Crippen LogP) is 4.39. The van der Waals surface area contributed by atoms with Gasteiger partial charge in [-0.25, -0.2) is 0 Å². The van der Waals surface area contributed by atoms with Gasteiger partial charge in [-0.1, -0.05) is 48.0 Å². The van der Waals surface area contributed by atoms with E-state index in [-0.39, 0.29) is 18.8 Å². The summed E-state index contributed by atoms with van der Waals surface area (Å²) in [5, 5.41) is 8.84. The normalized spacial score (nSPS) is 12.7. The molecule has 2 aromatic carbocycles. The quantitative estimate of drug-likeness (QED) is 0.559. The number of aromatic nitrogens is 2. The fourth-order valence-corrected chi connectivity index (χ4v) is 2.93. The first-order chi connectivity index (χ1) is 13.8. The molecule has 0 saturated carbocycles. The zero-order valence-electron chi connectivity index (χ0n) is 16.5. The van der Waals surface area contributed by atoms with Crippen molar-refractivity contribution in [3.63, 3.8) is 0 Å². The summed E-state index contributed by atoms with van der Waals surface area (Å²) in [6.07, 6.45) is 0.148. The number of hydrogen-bond donors (Lipinski definition) is 1. The molecule has 0 spiro atoms. The summed E-state index contributed by atoms with van der Waals surface area (Å²) < 4.78 is 11.7. The van der Waals surface area contributed by atoms with E-state index >= 15 is 0 Å². The van der Waals surface area contributed by atoms with Gasteiger partial charge in [0.25, 0.3) is 0 Å². The molecule has 0 bridgehead atoms. The number of nitrogens with zero attached hydrogens (tertiary/aromatic N) is 2. The van der Waals surface area contributed by atoms with Gasteiger partial charge in [-0.15, -0.1) is 10.2 Å². The van der Waals surface area contributed by atoms with Crippen molar-refractivity contribution in [1.82, 2.24) is 10.2 Å². The molecule has 0 unspecified atom stereocenters. The van der Waals surface area contributed by atoms with Crippen LogP contribution in [0.1, 0.15) is 37.6 Å². The Morgan fingerprint density at radius 2 is 1.93 bits per heavy atom. The van der Waals surface area contributed by atoms with Crippen LogP contribution in [-0.2, 0) is 16.1 Å². The summed E-state index contributed by atoms with van der Waals surface area (Å²) in [5.41, 5.74) is 6.77. The Morgan fingerprint density at radius 1 is 1.17 bits per heavy atom. The van der Waals surface area contributed by atoms with E-state index < -0.39 is 11.5 Å². The standard InChI is InChI=1S/C22H24ClN3O3/c1-22(2,24)19(27)12-17(14-28-13-15-7-4-3-5-8-15)21-26-25-20(29-21)16-9-6-10-18(23)11-16/h3-11,17H,12-14,24H2,1-2H3/t17-/m1/s1. The first-order valence-corrected chi connectivity index (χ1v) is 9.74. The molecule has 0 radical (unpaired) electrons. The van der Waals surface area contributed by atoms with E-state index in [1.54, 1.807) is 26.0 Å². The maximum absolute atomic E-state index is 12.5. The molecule has 1 heterocycles. The third-order valence-electron chi connectivity index (χ3n) is 4.44. The van der Waals surface area contributed by atoms with E-state index in [2.05, 4.69) is 10.2 Å². The largest absolute Gasteiger partial charge is 0.420 e. The fourth-order valence-electron chi connectivity index (χ4n) is 2.74.